The highest BCUT2D eigenvalue weighted by molar-refractivity contribution is 5.92. The Labute approximate surface area is 190 Å². The van der Waals surface area contributed by atoms with Crippen LogP contribution in [0.15, 0.2) is 60.0 Å². The first kappa shape index (κ1) is 23.5. The van der Waals surface area contributed by atoms with E-state index in [4.69, 9.17) is 9.47 Å². The molecule has 174 valence electrons. The number of amides is 1. The van der Waals surface area contributed by atoms with Crippen molar-refractivity contribution in [3.63, 3.8) is 0 Å². The molecule has 14 nitrogen and oxygen atoms in total. The minimum Gasteiger partial charge on any atom is -0.493 e. The molecule has 0 fully saturated rings. The van der Waals surface area contributed by atoms with Crippen LogP contribution in [0.5, 0.6) is 11.5 Å². The largest absolute Gasteiger partial charge is 0.493 e. The summed E-state index contributed by atoms with van der Waals surface area (Å²) in [6, 6.07) is 9.44. The fraction of sp³-hybridized carbons (Fsp3) is 0.100. The quantitative estimate of drug-likeness (QED) is 0.162. The van der Waals surface area contributed by atoms with Crippen molar-refractivity contribution in [3.05, 3.63) is 86.2 Å². The van der Waals surface area contributed by atoms with Crippen molar-refractivity contribution in [1.82, 2.24) is 15.2 Å². The number of aromatic nitrogens is 2. The maximum atomic E-state index is 12.3. The number of ether oxygens (including phenoxy) is 2. The summed E-state index contributed by atoms with van der Waals surface area (Å²) in [6.45, 7) is -0.272. The lowest BCUT2D eigenvalue weighted by molar-refractivity contribution is -0.385. The number of non-ortho nitro benzene ring substituents is 1. The van der Waals surface area contributed by atoms with Crippen molar-refractivity contribution < 1.29 is 28.9 Å². The predicted octanol–water partition coefficient (Wildman–Crippen LogP) is 2.08. The molecule has 1 heterocycles. The van der Waals surface area contributed by atoms with Gasteiger partial charge in [0.2, 0.25) is 0 Å². The number of esters is 1. The zero-order valence-corrected chi connectivity index (χ0v) is 17.5. The summed E-state index contributed by atoms with van der Waals surface area (Å²) in [5.74, 6) is -0.989. The van der Waals surface area contributed by atoms with Crippen molar-refractivity contribution in [2.75, 3.05) is 7.11 Å². The smallest absolute Gasteiger partial charge is 0.343 e. The fourth-order valence-electron chi connectivity index (χ4n) is 2.62. The third-order valence-corrected chi connectivity index (χ3v) is 4.24. The molecule has 1 amide bonds. The van der Waals surface area contributed by atoms with Gasteiger partial charge >= 0.3 is 11.7 Å². The second kappa shape index (κ2) is 10.4. The number of hydrogen-bond donors (Lipinski definition) is 1. The van der Waals surface area contributed by atoms with E-state index in [-0.39, 0.29) is 35.0 Å². The van der Waals surface area contributed by atoms with Crippen LogP contribution < -0.4 is 14.9 Å². The average molecular weight is 468 g/mol. The molecule has 0 saturated carbocycles. The number of nitrogens with zero attached hydrogens (tertiary/aromatic N) is 5. The van der Waals surface area contributed by atoms with Crippen LogP contribution in [-0.4, -0.2) is 44.8 Å². The van der Waals surface area contributed by atoms with Gasteiger partial charge in [0.25, 0.3) is 11.6 Å². The number of hydrazone groups is 1. The van der Waals surface area contributed by atoms with Gasteiger partial charge in [0.1, 0.15) is 18.9 Å². The van der Waals surface area contributed by atoms with Gasteiger partial charge in [-0.05, 0) is 35.9 Å². The first-order valence-electron chi connectivity index (χ1n) is 9.40. The molecule has 2 aromatic carbocycles. The summed E-state index contributed by atoms with van der Waals surface area (Å²) in [7, 11) is 1.37. The van der Waals surface area contributed by atoms with Gasteiger partial charge in [-0.2, -0.15) is 10.2 Å². The maximum Gasteiger partial charge on any atom is 0.343 e. The summed E-state index contributed by atoms with van der Waals surface area (Å²) >= 11 is 0. The van der Waals surface area contributed by atoms with Crippen molar-refractivity contribution >= 4 is 29.5 Å². The molecule has 0 aliphatic carbocycles. The van der Waals surface area contributed by atoms with E-state index in [1.54, 1.807) is 6.07 Å². The van der Waals surface area contributed by atoms with Crippen molar-refractivity contribution in [1.29, 1.82) is 0 Å². The van der Waals surface area contributed by atoms with Crippen LogP contribution >= 0.6 is 0 Å². The number of nitro groups is 2. The molecular formula is C20H16N6O8. The molecule has 0 atom stereocenters. The van der Waals surface area contributed by atoms with Gasteiger partial charge in [-0.15, -0.1) is 0 Å². The number of nitro benzene ring substituents is 1. The number of nitrogens with one attached hydrogen (secondary N) is 1. The van der Waals surface area contributed by atoms with Crippen molar-refractivity contribution in [3.8, 4) is 11.5 Å². The highest BCUT2D eigenvalue weighted by Gasteiger charge is 2.15. The predicted molar refractivity (Wildman–Crippen MR) is 116 cm³/mol. The van der Waals surface area contributed by atoms with Crippen LogP contribution in [-0.2, 0) is 11.3 Å². The molecular weight excluding hydrogens is 452 g/mol. The number of benzene rings is 2. The number of hydrogen-bond acceptors (Lipinski definition) is 10. The van der Waals surface area contributed by atoms with E-state index in [2.05, 4.69) is 15.6 Å². The van der Waals surface area contributed by atoms with Crippen LogP contribution in [0.3, 0.4) is 0 Å². The first-order chi connectivity index (χ1) is 16.3. The van der Waals surface area contributed by atoms with Gasteiger partial charge in [-0.25, -0.2) is 10.2 Å². The monoisotopic (exact) mass is 468 g/mol. The topological polar surface area (TPSA) is 181 Å². The molecule has 0 aliphatic rings. The molecule has 0 unspecified atom stereocenters. The summed E-state index contributed by atoms with van der Waals surface area (Å²) in [6.07, 6.45) is 3.46. The molecule has 1 aromatic heterocycles. The molecule has 1 N–H and O–H groups in total. The zero-order chi connectivity index (χ0) is 24.7. The van der Waals surface area contributed by atoms with E-state index in [0.29, 0.717) is 5.56 Å². The zero-order valence-electron chi connectivity index (χ0n) is 17.5. The number of carbonyl (C=O) groups excluding carboxylic acids is 2. The molecule has 0 spiro atoms. The van der Waals surface area contributed by atoms with Gasteiger partial charge in [0.15, 0.2) is 11.5 Å². The highest BCUT2D eigenvalue weighted by atomic mass is 16.6. The SMILES string of the molecule is COc1cc(/C=N/NC(=O)Cn2cc([N+](=O)[O-])cn2)ccc1OC(=O)c1ccc([N+](=O)[O-])cc1. The van der Waals surface area contributed by atoms with Gasteiger partial charge in [0.05, 0.1) is 28.7 Å². The van der Waals surface area contributed by atoms with Gasteiger partial charge in [-0.1, -0.05) is 0 Å². The van der Waals surface area contributed by atoms with E-state index in [0.717, 1.165) is 17.1 Å². The standard InChI is InChI=1S/C20H16N6O8/c1-33-18-8-13(9-21-23-19(27)12-24-11-16(10-22-24)26(31)32)2-7-17(18)34-20(28)14-3-5-15(6-4-14)25(29)30/h2-11H,12H2,1H3,(H,23,27)/b21-9+. The number of carbonyl (C=O) groups is 2. The summed E-state index contributed by atoms with van der Waals surface area (Å²) in [4.78, 5) is 44.4. The minimum atomic E-state index is -0.735. The Morgan fingerprint density at radius 3 is 2.41 bits per heavy atom. The molecule has 34 heavy (non-hydrogen) atoms. The molecule has 3 aromatic rings. The Kier molecular flexibility index (Phi) is 7.23. The Hall–Kier alpha value is -5.14. The fourth-order valence-corrected chi connectivity index (χ4v) is 2.62. The van der Waals surface area contributed by atoms with Gasteiger partial charge in [0, 0.05) is 12.1 Å². The second-order valence-corrected chi connectivity index (χ2v) is 6.55. The summed E-state index contributed by atoms with van der Waals surface area (Å²) < 4.78 is 11.6. The maximum absolute atomic E-state index is 12.3. The van der Waals surface area contributed by atoms with E-state index in [1.165, 1.54) is 49.7 Å². The average Bonchev–Trinajstić information content (AvgIpc) is 3.28. The lowest BCUT2D eigenvalue weighted by atomic mass is 10.2. The lowest BCUT2D eigenvalue weighted by Gasteiger charge is -2.10. The normalized spacial score (nSPS) is 10.6. The molecule has 0 saturated heterocycles. The Balaban J connectivity index is 1.60. The second-order valence-electron chi connectivity index (χ2n) is 6.55. The molecule has 14 heteroatoms. The van der Waals surface area contributed by atoms with E-state index in [1.807, 2.05) is 0 Å². The Morgan fingerprint density at radius 1 is 1.09 bits per heavy atom. The highest BCUT2D eigenvalue weighted by Crippen LogP contribution is 2.28. The van der Waals surface area contributed by atoms with Crippen LogP contribution in [0.1, 0.15) is 15.9 Å². The van der Waals surface area contributed by atoms with E-state index >= 15 is 0 Å². The number of methoxy groups -OCH3 is 1. The van der Waals surface area contributed by atoms with Crippen molar-refractivity contribution in [2.45, 2.75) is 6.54 Å². The summed E-state index contributed by atoms with van der Waals surface area (Å²) in [5, 5.41) is 28.9. The first-order valence-corrected chi connectivity index (χ1v) is 9.40. The Morgan fingerprint density at radius 2 is 1.79 bits per heavy atom. The van der Waals surface area contributed by atoms with Gasteiger partial charge < -0.3 is 9.47 Å². The third kappa shape index (κ3) is 5.97. The van der Waals surface area contributed by atoms with Crippen LogP contribution in [0.25, 0.3) is 0 Å². The van der Waals surface area contributed by atoms with E-state index < -0.39 is 21.7 Å². The minimum absolute atomic E-state index is 0.104. The molecule has 3 rings (SSSR count). The van der Waals surface area contributed by atoms with Crippen LogP contribution in [0, 0.1) is 20.2 Å². The van der Waals surface area contributed by atoms with Gasteiger partial charge in [-0.3, -0.25) is 29.7 Å². The van der Waals surface area contributed by atoms with Crippen LogP contribution in [0.4, 0.5) is 11.4 Å². The van der Waals surface area contributed by atoms with E-state index in [9.17, 15) is 29.8 Å². The summed E-state index contributed by atoms with van der Waals surface area (Å²) in [5.41, 5.74) is 2.48. The molecule has 0 aliphatic heterocycles. The third-order valence-electron chi connectivity index (χ3n) is 4.24. The van der Waals surface area contributed by atoms with Crippen molar-refractivity contribution in [2.24, 2.45) is 5.10 Å². The van der Waals surface area contributed by atoms with Crippen LogP contribution in [0.2, 0.25) is 0 Å². The lowest BCUT2D eigenvalue weighted by Crippen LogP contribution is -2.23. The Bertz CT molecular complexity index is 1270. The molecule has 0 radical (unpaired) electrons. The molecule has 0 bridgehead atoms. The number of rotatable bonds is 9.